The normalized spacial score (nSPS) is 11.2. The van der Waals surface area contributed by atoms with Crippen LogP contribution >= 0.6 is 11.3 Å². The number of thiophene rings is 1. The average molecular weight is 341 g/mol. The molecule has 0 saturated carbocycles. The highest BCUT2D eigenvalue weighted by molar-refractivity contribution is 7.25. The minimum Gasteiger partial charge on any atom is -0.439 e. The fourth-order valence-corrected chi connectivity index (χ4v) is 4.18. The maximum absolute atomic E-state index is 6.07. The van der Waals surface area contributed by atoms with Crippen LogP contribution in [0.3, 0.4) is 0 Å². The highest BCUT2D eigenvalue weighted by atomic mass is 32.1. The van der Waals surface area contributed by atoms with Crippen LogP contribution in [0.25, 0.3) is 31.5 Å². The second-order valence-corrected chi connectivity index (χ2v) is 7.06. The van der Waals surface area contributed by atoms with Gasteiger partial charge in [0.05, 0.1) is 4.70 Å². The molecule has 0 fully saturated rings. The highest BCUT2D eigenvalue weighted by Crippen LogP contribution is 2.38. The summed E-state index contributed by atoms with van der Waals surface area (Å²) < 4.78 is 8.50. The fraction of sp³-hybridized carbons (Fsp3) is 0. The SMILES string of the molecule is c1ccc(-c2cccc(Nc3cc4sc5ccccc5c4o3)c2)cc1. The Morgan fingerprint density at radius 3 is 2.40 bits per heavy atom. The molecule has 0 aliphatic heterocycles. The molecule has 0 amide bonds. The number of hydrogen-bond donors (Lipinski definition) is 1. The van der Waals surface area contributed by atoms with Gasteiger partial charge in [0.1, 0.15) is 0 Å². The van der Waals surface area contributed by atoms with E-state index in [1.54, 1.807) is 11.3 Å². The van der Waals surface area contributed by atoms with E-state index in [9.17, 15) is 0 Å². The molecular formula is C22H15NOS. The van der Waals surface area contributed by atoms with Crippen LogP contribution in [0.1, 0.15) is 0 Å². The van der Waals surface area contributed by atoms with E-state index in [-0.39, 0.29) is 0 Å². The van der Waals surface area contributed by atoms with E-state index < -0.39 is 0 Å². The topological polar surface area (TPSA) is 25.2 Å². The molecular weight excluding hydrogens is 326 g/mol. The van der Waals surface area contributed by atoms with Crippen molar-refractivity contribution < 1.29 is 4.42 Å². The lowest BCUT2D eigenvalue weighted by molar-refractivity contribution is 0.638. The van der Waals surface area contributed by atoms with E-state index in [0.717, 1.165) is 17.2 Å². The average Bonchev–Trinajstić information content (AvgIpc) is 3.20. The first kappa shape index (κ1) is 14.3. The molecule has 0 spiro atoms. The first-order chi connectivity index (χ1) is 12.4. The highest BCUT2D eigenvalue weighted by Gasteiger charge is 2.11. The van der Waals surface area contributed by atoms with Gasteiger partial charge < -0.3 is 9.73 Å². The largest absolute Gasteiger partial charge is 0.439 e. The third-order valence-corrected chi connectivity index (χ3v) is 5.39. The summed E-state index contributed by atoms with van der Waals surface area (Å²) in [4.78, 5) is 0. The quantitative estimate of drug-likeness (QED) is 0.380. The molecule has 0 aliphatic carbocycles. The fourth-order valence-electron chi connectivity index (χ4n) is 3.11. The summed E-state index contributed by atoms with van der Waals surface area (Å²) in [5.41, 5.74) is 4.37. The van der Waals surface area contributed by atoms with Crippen molar-refractivity contribution in [3.05, 3.63) is 84.9 Å². The maximum Gasteiger partial charge on any atom is 0.199 e. The number of rotatable bonds is 3. The number of anilines is 2. The minimum atomic E-state index is 0.775. The van der Waals surface area contributed by atoms with Crippen LogP contribution in [0.2, 0.25) is 0 Å². The molecule has 0 atom stereocenters. The minimum absolute atomic E-state index is 0.775. The van der Waals surface area contributed by atoms with Gasteiger partial charge in [-0.1, -0.05) is 54.6 Å². The van der Waals surface area contributed by atoms with Gasteiger partial charge in [-0.15, -0.1) is 11.3 Å². The third-order valence-electron chi connectivity index (χ3n) is 4.29. The molecule has 2 heterocycles. The zero-order valence-corrected chi connectivity index (χ0v) is 14.2. The number of benzene rings is 3. The Morgan fingerprint density at radius 2 is 1.48 bits per heavy atom. The molecule has 0 radical (unpaired) electrons. The van der Waals surface area contributed by atoms with E-state index in [1.165, 1.54) is 25.9 Å². The third kappa shape index (κ3) is 2.59. The first-order valence-electron chi connectivity index (χ1n) is 8.20. The molecule has 25 heavy (non-hydrogen) atoms. The summed E-state index contributed by atoms with van der Waals surface area (Å²) in [6.07, 6.45) is 0. The van der Waals surface area contributed by atoms with E-state index in [1.807, 2.05) is 12.1 Å². The van der Waals surface area contributed by atoms with Crippen LogP contribution < -0.4 is 5.32 Å². The van der Waals surface area contributed by atoms with Gasteiger partial charge in [-0.25, -0.2) is 0 Å². The monoisotopic (exact) mass is 341 g/mol. The molecule has 0 bridgehead atoms. The molecule has 5 aromatic rings. The molecule has 0 saturated heterocycles. The van der Waals surface area contributed by atoms with Gasteiger partial charge in [-0.2, -0.15) is 0 Å². The first-order valence-corrected chi connectivity index (χ1v) is 9.02. The van der Waals surface area contributed by atoms with Gasteiger partial charge in [0, 0.05) is 21.8 Å². The molecule has 2 aromatic heterocycles. The van der Waals surface area contributed by atoms with Crippen molar-refractivity contribution in [3.63, 3.8) is 0 Å². The lowest BCUT2D eigenvalue weighted by Crippen LogP contribution is -1.88. The maximum atomic E-state index is 6.07. The Morgan fingerprint density at radius 1 is 0.680 bits per heavy atom. The van der Waals surface area contributed by atoms with Crippen LogP contribution in [0.15, 0.2) is 89.3 Å². The predicted molar refractivity (Wildman–Crippen MR) is 107 cm³/mol. The van der Waals surface area contributed by atoms with Crippen molar-refractivity contribution in [2.75, 3.05) is 5.32 Å². The second-order valence-electron chi connectivity index (χ2n) is 5.97. The smallest absolute Gasteiger partial charge is 0.199 e. The van der Waals surface area contributed by atoms with Crippen LogP contribution in [0.4, 0.5) is 11.6 Å². The van der Waals surface area contributed by atoms with Gasteiger partial charge in [-0.05, 0) is 35.4 Å². The summed E-state index contributed by atoms with van der Waals surface area (Å²) in [7, 11) is 0. The standard InChI is InChI=1S/C22H15NOS/c1-2-7-15(8-3-1)16-9-6-10-17(13-16)23-21-14-20-22(24-21)18-11-4-5-12-19(18)25-20/h1-14,23H. The van der Waals surface area contributed by atoms with Crippen LogP contribution in [0.5, 0.6) is 0 Å². The van der Waals surface area contributed by atoms with E-state index >= 15 is 0 Å². The molecule has 0 unspecified atom stereocenters. The number of hydrogen-bond acceptors (Lipinski definition) is 3. The van der Waals surface area contributed by atoms with Gasteiger partial charge in [-0.3, -0.25) is 0 Å². The summed E-state index contributed by atoms with van der Waals surface area (Å²) >= 11 is 1.76. The van der Waals surface area contributed by atoms with Crippen molar-refractivity contribution in [1.82, 2.24) is 0 Å². The molecule has 1 N–H and O–H groups in total. The predicted octanol–water partition coefficient (Wildman–Crippen LogP) is 7.06. The lowest BCUT2D eigenvalue weighted by Gasteiger charge is -2.06. The van der Waals surface area contributed by atoms with Gasteiger partial charge in [0.15, 0.2) is 11.5 Å². The van der Waals surface area contributed by atoms with Crippen molar-refractivity contribution in [2.45, 2.75) is 0 Å². The number of furan rings is 1. The summed E-state index contributed by atoms with van der Waals surface area (Å²) in [5, 5.41) is 4.57. The summed E-state index contributed by atoms with van der Waals surface area (Å²) in [6.45, 7) is 0. The Hall–Kier alpha value is -3.04. The van der Waals surface area contributed by atoms with Gasteiger partial charge in [0.25, 0.3) is 0 Å². The van der Waals surface area contributed by atoms with Crippen molar-refractivity contribution in [3.8, 4) is 11.1 Å². The molecule has 3 heteroatoms. The molecule has 120 valence electrons. The Balaban J connectivity index is 1.50. The molecule has 0 aliphatic rings. The van der Waals surface area contributed by atoms with Crippen LogP contribution in [-0.2, 0) is 0 Å². The molecule has 3 aromatic carbocycles. The summed E-state index contributed by atoms with van der Waals surface area (Å²) in [6, 6.07) is 29.2. The lowest BCUT2D eigenvalue weighted by atomic mass is 10.1. The Kier molecular flexibility index (Phi) is 3.32. The van der Waals surface area contributed by atoms with E-state index in [4.69, 9.17) is 4.42 Å². The van der Waals surface area contributed by atoms with E-state index in [0.29, 0.717) is 0 Å². The van der Waals surface area contributed by atoms with Crippen molar-refractivity contribution >= 4 is 43.3 Å². The van der Waals surface area contributed by atoms with Crippen molar-refractivity contribution in [1.29, 1.82) is 0 Å². The Labute approximate surface area is 149 Å². The van der Waals surface area contributed by atoms with Gasteiger partial charge in [0.2, 0.25) is 0 Å². The zero-order valence-electron chi connectivity index (χ0n) is 13.4. The second kappa shape index (κ2) is 5.80. The molecule has 5 rings (SSSR count). The number of fused-ring (bicyclic) bond motifs is 3. The van der Waals surface area contributed by atoms with E-state index in [2.05, 4.69) is 78.1 Å². The van der Waals surface area contributed by atoms with Crippen molar-refractivity contribution in [2.24, 2.45) is 0 Å². The van der Waals surface area contributed by atoms with Crippen LogP contribution in [0, 0.1) is 0 Å². The molecule has 2 nitrogen and oxygen atoms in total. The van der Waals surface area contributed by atoms with Crippen LogP contribution in [-0.4, -0.2) is 0 Å². The van der Waals surface area contributed by atoms with Gasteiger partial charge >= 0.3 is 0 Å². The Bertz CT molecular complexity index is 1170. The number of nitrogens with one attached hydrogen (secondary N) is 1. The zero-order chi connectivity index (χ0) is 16.6. The summed E-state index contributed by atoms with van der Waals surface area (Å²) in [5.74, 6) is 0.775.